The van der Waals surface area contributed by atoms with Crippen LogP contribution >= 0.6 is 15.9 Å². The molecule has 1 aliphatic heterocycles. The minimum absolute atomic E-state index is 0.0417. The summed E-state index contributed by atoms with van der Waals surface area (Å²) in [6.45, 7) is 1.30. The summed E-state index contributed by atoms with van der Waals surface area (Å²) in [6.07, 6.45) is 4.91. The number of rotatable bonds is 4. The maximum Gasteiger partial charge on any atom is 0.253 e. The van der Waals surface area contributed by atoms with Crippen molar-refractivity contribution in [2.75, 3.05) is 13.1 Å². The van der Waals surface area contributed by atoms with Gasteiger partial charge >= 0.3 is 0 Å². The summed E-state index contributed by atoms with van der Waals surface area (Å²) in [7, 11) is 0. The molecule has 0 aromatic heterocycles. The average molecular weight is 413 g/mol. The van der Waals surface area contributed by atoms with Crippen molar-refractivity contribution in [1.82, 2.24) is 10.2 Å². The number of halogens is 1. The van der Waals surface area contributed by atoms with Gasteiger partial charge in [0, 0.05) is 35.2 Å². The third-order valence-electron chi connectivity index (χ3n) is 4.43. The molecule has 1 aliphatic rings. The molecule has 2 aromatic carbocycles. The van der Waals surface area contributed by atoms with Crippen LogP contribution in [0.5, 0.6) is 0 Å². The first-order chi connectivity index (χ1) is 12.6. The van der Waals surface area contributed by atoms with E-state index in [-0.39, 0.29) is 17.9 Å². The summed E-state index contributed by atoms with van der Waals surface area (Å²) in [5.41, 5.74) is 1.68. The molecule has 5 heteroatoms. The lowest BCUT2D eigenvalue weighted by Crippen LogP contribution is -2.46. The summed E-state index contributed by atoms with van der Waals surface area (Å²) in [4.78, 5) is 26.5. The maximum atomic E-state index is 12.5. The molecule has 1 fully saturated rings. The average Bonchev–Trinajstić information content (AvgIpc) is 2.67. The molecule has 3 rings (SSSR count). The molecule has 0 bridgehead atoms. The van der Waals surface area contributed by atoms with Crippen molar-refractivity contribution in [1.29, 1.82) is 0 Å². The van der Waals surface area contributed by atoms with Gasteiger partial charge in [-0.15, -0.1) is 0 Å². The molecule has 2 amide bonds. The van der Waals surface area contributed by atoms with E-state index < -0.39 is 0 Å². The van der Waals surface area contributed by atoms with Gasteiger partial charge in [-0.25, -0.2) is 0 Å². The highest BCUT2D eigenvalue weighted by molar-refractivity contribution is 9.10. The molecule has 0 radical (unpaired) electrons. The number of nitrogens with one attached hydrogen (secondary N) is 1. The fourth-order valence-electron chi connectivity index (χ4n) is 3.02. The van der Waals surface area contributed by atoms with E-state index in [9.17, 15) is 9.59 Å². The number of benzene rings is 2. The first kappa shape index (κ1) is 18.4. The second kappa shape index (κ2) is 8.81. The van der Waals surface area contributed by atoms with Gasteiger partial charge in [-0.05, 0) is 42.7 Å². The predicted molar refractivity (Wildman–Crippen MR) is 107 cm³/mol. The molecule has 0 aliphatic carbocycles. The Hall–Kier alpha value is -2.40. The van der Waals surface area contributed by atoms with E-state index in [0.29, 0.717) is 18.7 Å². The highest BCUT2D eigenvalue weighted by Crippen LogP contribution is 2.17. The van der Waals surface area contributed by atoms with Crippen LogP contribution in [-0.2, 0) is 4.79 Å². The van der Waals surface area contributed by atoms with Crippen molar-refractivity contribution >= 4 is 33.8 Å². The van der Waals surface area contributed by atoms with Crippen LogP contribution in [0.15, 0.2) is 65.1 Å². The van der Waals surface area contributed by atoms with Gasteiger partial charge in [0.25, 0.3) is 5.91 Å². The van der Waals surface area contributed by atoms with Crippen LogP contribution in [0.1, 0.15) is 28.8 Å². The van der Waals surface area contributed by atoms with Crippen LogP contribution in [0.2, 0.25) is 0 Å². The standard InChI is InChI=1S/C21H21BrN2O2/c22-18-8-4-7-17(15-18)21(26)24-13-11-19(12-14-24)23-20(25)10-9-16-5-2-1-3-6-16/h1-10,15,19H,11-14H2,(H,23,25)/b10-9+. The summed E-state index contributed by atoms with van der Waals surface area (Å²) in [5, 5.41) is 3.03. The Bertz CT molecular complexity index is 797. The van der Waals surface area contributed by atoms with Gasteiger partial charge in [0.15, 0.2) is 0 Å². The molecule has 134 valence electrons. The number of hydrogen-bond acceptors (Lipinski definition) is 2. The summed E-state index contributed by atoms with van der Waals surface area (Å²) in [5.74, 6) is -0.0503. The third-order valence-corrected chi connectivity index (χ3v) is 4.92. The summed E-state index contributed by atoms with van der Waals surface area (Å²) < 4.78 is 0.899. The van der Waals surface area contributed by atoms with Crippen molar-refractivity contribution in [2.45, 2.75) is 18.9 Å². The number of hydrogen-bond donors (Lipinski definition) is 1. The zero-order chi connectivity index (χ0) is 18.4. The van der Waals surface area contributed by atoms with E-state index in [1.54, 1.807) is 12.2 Å². The number of likely N-dealkylation sites (tertiary alicyclic amines) is 1. The fraction of sp³-hybridized carbons (Fsp3) is 0.238. The van der Waals surface area contributed by atoms with Gasteiger partial charge in [0.05, 0.1) is 0 Å². The molecular formula is C21H21BrN2O2. The highest BCUT2D eigenvalue weighted by atomic mass is 79.9. The van der Waals surface area contributed by atoms with Crippen molar-refractivity contribution in [3.05, 3.63) is 76.3 Å². The Kier molecular flexibility index (Phi) is 6.23. The van der Waals surface area contributed by atoms with Crippen LogP contribution < -0.4 is 5.32 Å². The van der Waals surface area contributed by atoms with Gasteiger partial charge < -0.3 is 10.2 Å². The molecule has 0 saturated carbocycles. The highest BCUT2D eigenvalue weighted by Gasteiger charge is 2.24. The van der Waals surface area contributed by atoms with Crippen LogP contribution in [0, 0.1) is 0 Å². The van der Waals surface area contributed by atoms with E-state index in [1.807, 2.05) is 59.5 Å². The Morgan fingerprint density at radius 3 is 2.46 bits per heavy atom. The molecule has 4 nitrogen and oxygen atoms in total. The molecule has 0 atom stereocenters. The SMILES string of the molecule is O=C(/C=C/c1ccccc1)NC1CCN(C(=O)c2cccc(Br)c2)CC1. The first-order valence-corrected chi connectivity index (χ1v) is 9.49. The minimum Gasteiger partial charge on any atom is -0.350 e. The first-order valence-electron chi connectivity index (χ1n) is 8.70. The third kappa shape index (κ3) is 5.05. The second-order valence-electron chi connectivity index (χ2n) is 6.33. The molecule has 0 unspecified atom stereocenters. The largest absolute Gasteiger partial charge is 0.350 e. The number of carbonyl (C=O) groups is 2. The molecular weight excluding hydrogens is 392 g/mol. The van der Waals surface area contributed by atoms with E-state index in [2.05, 4.69) is 21.2 Å². The second-order valence-corrected chi connectivity index (χ2v) is 7.25. The lowest BCUT2D eigenvalue weighted by atomic mass is 10.0. The van der Waals surface area contributed by atoms with Crippen LogP contribution in [0.3, 0.4) is 0 Å². The van der Waals surface area contributed by atoms with E-state index in [4.69, 9.17) is 0 Å². The van der Waals surface area contributed by atoms with E-state index >= 15 is 0 Å². The Morgan fingerprint density at radius 2 is 1.77 bits per heavy atom. The zero-order valence-corrected chi connectivity index (χ0v) is 16.0. The lowest BCUT2D eigenvalue weighted by Gasteiger charge is -2.32. The maximum absolute atomic E-state index is 12.5. The Morgan fingerprint density at radius 1 is 1.04 bits per heavy atom. The molecule has 26 heavy (non-hydrogen) atoms. The number of nitrogens with zero attached hydrogens (tertiary/aromatic N) is 1. The van der Waals surface area contributed by atoms with Crippen molar-refractivity contribution in [2.24, 2.45) is 0 Å². The summed E-state index contributed by atoms with van der Waals surface area (Å²) >= 11 is 3.40. The number of carbonyl (C=O) groups excluding carboxylic acids is 2. The van der Waals surface area contributed by atoms with Crippen molar-refractivity contribution in [3.8, 4) is 0 Å². The quantitative estimate of drug-likeness (QED) is 0.774. The van der Waals surface area contributed by atoms with Gasteiger partial charge in [0.1, 0.15) is 0 Å². The number of amides is 2. The molecule has 1 heterocycles. The predicted octanol–water partition coefficient (Wildman–Crippen LogP) is 3.88. The van der Waals surface area contributed by atoms with Gasteiger partial charge in [0.2, 0.25) is 5.91 Å². The van der Waals surface area contributed by atoms with Gasteiger partial charge in [-0.1, -0.05) is 52.3 Å². The topological polar surface area (TPSA) is 49.4 Å². The zero-order valence-electron chi connectivity index (χ0n) is 14.4. The molecule has 1 saturated heterocycles. The van der Waals surface area contributed by atoms with E-state index in [0.717, 1.165) is 22.9 Å². The fourth-order valence-corrected chi connectivity index (χ4v) is 3.42. The van der Waals surface area contributed by atoms with Crippen LogP contribution in [0.25, 0.3) is 6.08 Å². The monoisotopic (exact) mass is 412 g/mol. The van der Waals surface area contributed by atoms with E-state index in [1.165, 1.54) is 0 Å². The van der Waals surface area contributed by atoms with Gasteiger partial charge in [-0.2, -0.15) is 0 Å². The van der Waals surface area contributed by atoms with Crippen molar-refractivity contribution < 1.29 is 9.59 Å². The normalized spacial score (nSPS) is 15.2. The molecule has 1 N–H and O–H groups in total. The Balaban J connectivity index is 1.48. The molecule has 0 spiro atoms. The molecule has 2 aromatic rings. The smallest absolute Gasteiger partial charge is 0.253 e. The van der Waals surface area contributed by atoms with Gasteiger partial charge in [-0.3, -0.25) is 9.59 Å². The number of piperidine rings is 1. The van der Waals surface area contributed by atoms with Crippen LogP contribution in [-0.4, -0.2) is 35.8 Å². The summed E-state index contributed by atoms with van der Waals surface area (Å²) in [6, 6.07) is 17.3. The van der Waals surface area contributed by atoms with Crippen LogP contribution in [0.4, 0.5) is 0 Å². The minimum atomic E-state index is -0.0920. The van der Waals surface area contributed by atoms with Crippen molar-refractivity contribution in [3.63, 3.8) is 0 Å². The Labute approximate surface area is 162 Å². The lowest BCUT2D eigenvalue weighted by molar-refractivity contribution is -0.117.